The molecule has 7 nitrogen and oxygen atoms in total. The normalized spacial score (nSPS) is 27.6. The first-order valence-corrected chi connectivity index (χ1v) is 8.19. The zero-order valence-corrected chi connectivity index (χ0v) is 12.7. The molecule has 8 heteroatoms. The predicted molar refractivity (Wildman–Crippen MR) is 75.4 cm³/mol. The molecule has 2 atom stereocenters. The number of nitrogen functional groups attached to an aromatic ring is 1. The van der Waals surface area contributed by atoms with Gasteiger partial charge in [0.25, 0.3) is 10.0 Å². The van der Waals surface area contributed by atoms with Crippen LogP contribution in [0.25, 0.3) is 0 Å². The lowest BCUT2D eigenvalue weighted by Gasteiger charge is -2.38. The summed E-state index contributed by atoms with van der Waals surface area (Å²) in [4.78, 5) is 3.80. The molecule has 0 bridgehead atoms. The number of anilines is 1. The van der Waals surface area contributed by atoms with Crippen LogP contribution in [-0.4, -0.2) is 35.2 Å². The van der Waals surface area contributed by atoms with Crippen LogP contribution in [0.5, 0.6) is 0 Å². The average molecular weight is 302 g/mol. The number of aliphatic hydroxyl groups is 1. The van der Waals surface area contributed by atoms with Crippen molar-refractivity contribution in [1.29, 1.82) is 0 Å². The largest absolute Gasteiger partial charge is 0.394 e. The number of nitrogens with two attached hydrogens (primary N) is 1. The third kappa shape index (κ3) is 2.82. The first-order valence-electron chi connectivity index (χ1n) is 6.71. The zero-order chi connectivity index (χ0) is 15.0. The van der Waals surface area contributed by atoms with Gasteiger partial charge in [0.05, 0.1) is 18.5 Å². The zero-order valence-electron chi connectivity index (χ0n) is 11.8. The van der Waals surface area contributed by atoms with E-state index in [-0.39, 0.29) is 17.5 Å². The Labute approximate surface area is 119 Å². The lowest BCUT2D eigenvalue weighted by Crippen LogP contribution is -2.54. The van der Waals surface area contributed by atoms with Crippen LogP contribution in [0.15, 0.2) is 11.4 Å². The fraction of sp³-hybridized carbons (Fsp3) is 0.750. The van der Waals surface area contributed by atoms with Crippen molar-refractivity contribution in [2.45, 2.75) is 43.2 Å². The van der Waals surface area contributed by atoms with Gasteiger partial charge in [0, 0.05) is 7.05 Å². The Kier molecular flexibility index (Phi) is 4.08. The smallest absolute Gasteiger partial charge is 0.260 e. The highest BCUT2D eigenvalue weighted by atomic mass is 32.2. The summed E-state index contributed by atoms with van der Waals surface area (Å²) in [6, 6.07) is 0. The maximum atomic E-state index is 12.5. The van der Waals surface area contributed by atoms with Crippen LogP contribution in [0.3, 0.4) is 0 Å². The summed E-state index contributed by atoms with van der Waals surface area (Å²) in [6.07, 6.45) is 4.56. The number of sulfonamides is 1. The van der Waals surface area contributed by atoms with E-state index in [0.29, 0.717) is 18.8 Å². The Morgan fingerprint density at radius 2 is 2.35 bits per heavy atom. The van der Waals surface area contributed by atoms with Gasteiger partial charge in [-0.1, -0.05) is 19.8 Å². The van der Waals surface area contributed by atoms with Crippen molar-refractivity contribution in [3.63, 3.8) is 0 Å². The van der Waals surface area contributed by atoms with Gasteiger partial charge in [-0.2, -0.15) is 0 Å². The molecule has 0 amide bonds. The van der Waals surface area contributed by atoms with Gasteiger partial charge in [-0.3, -0.25) is 0 Å². The predicted octanol–water partition coefficient (Wildman–Crippen LogP) is 0.222. The first kappa shape index (κ1) is 15.3. The van der Waals surface area contributed by atoms with Crippen molar-refractivity contribution < 1.29 is 13.5 Å². The minimum Gasteiger partial charge on any atom is -0.394 e. The van der Waals surface area contributed by atoms with Crippen LogP contribution in [-0.2, 0) is 17.1 Å². The Morgan fingerprint density at radius 1 is 1.65 bits per heavy atom. The third-order valence-corrected chi connectivity index (χ3v) is 5.62. The highest BCUT2D eigenvalue weighted by Gasteiger charge is 2.39. The molecular formula is C12H22N4O3S. The summed E-state index contributed by atoms with van der Waals surface area (Å²) in [7, 11) is -2.23. The minimum atomic E-state index is -3.81. The van der Waals surface area contributed by atoms with Crippen LogP contribution in [0.1, 0.15) is 32.6 Å². The maximum absolute atomic E-state index is 12.5. The maximum Gasteiger partial charge on any atom is 0.260 e. The van der Waals surface area contributed by atoms with Gasteiger partial charge in [0.15, 0.2) is 10.8 Å². The highest BCUT2D eigenvalue weighted by Crippen LogP contribution is 2.33. The van der Waals surface area contributed by atoms with Crippen molar-refractivity contribution in [2.75, 3.05) is 12.3 Å². The quantitative estimate of drug-likeness (QED) is 0.737. The van der Waals surface area contributed by atoms with E-state index in [1.807, 2.05) is 0 Å². The van der Waals surface area contributed by atoms with E-state index in [1.165, 1.54) is 10.9 Å². The number of aromatic nitrogens is 2. The molecule has 0 spiro atoms. The highest BCUT2D eigenvalue weighted by molar-refractivity contribution is 7.89. The summed E-state index contributed by atoms with van der Waals surface area (Å²) in [5, 5.41) is 9.63. The van der Waals surface area contributed by atoms with Gasteiger partial charge in [0.1, 0.15) is 0 Å². The van der Waals surface area contributed by atoms with E-state index in [4.69, 9.17) is 5.73 Å². The minimum absolute atomic E-state index is 0.0306. The van der Waals surface area contributed by atoms with Gasteiger partial charge in [0.2, 0.25) is 0 Å². The lowest BCUT2D eigenvalue weighted by molar-refractivity contribution is 0.119. The van der Waals surface area contributed by atoms with E-state index in [9.17, 15) is 13.5 Å². The standard InChI is InChI=1S/C12H22N4O3S/c1-9-4-3-5-12(6-9,7-17)15-20(18,19)11-10(13)14-8-16(11)2/h8-9,15,17H,3-7,13H2,1-2H3. The van der Waals surface area contributed by atoms with Crippen LogP contribution < -0.4 is 10.5 Å². The molecule has 1 aromatic rings. The first-order chi connectivity index (χ1) is 9.30. The summed E-state index contributed by atoms with van der Waals surface area (Å²) < 4.78 is 29.0. The molecule has 0 radical (unpaired) electrons. The van der Waals surface area contributed by atoms with E-state index < -0.39 is 15.6 Å². The second kappa shape index (κ2) is 5.34. The summed E-state index contributed by atoms with van der Waals surface area (Å²) >= 11 is 0. The molecule has 4 N–H and O–H groups in total. The number of nitrogens with zero attached hydrogens (tertiary/aromatic N) is 2. The Bertz CT molecular complexity index is 564. The van der Waals surface area contributed by atoms with Gasteiger partial charge in [-0.15, -0.1) is 0 Å². The monoisotopic (exact) mass is 302 g/mol. The van der Waals surface area contributed by atoms with E-state index in [1.54, 1.807) is 7.05 Å². The van der Waals surface area contributed by atoms with Crippen LogP contribution >= 0.6 is 0 Å². The van der Waals surface area contributed by atoms with Gasteiger partial charge < -0.3 is 15.4 Å². The summed E-state index contributed by atoms with van der Waals surface area (Å²) in [5.41, 5.74) is 4.83. The van der Waals surface area contributed by atoms with Crippen LogP contribution in [0, 0.1) is 5.92 Å². The van der Waals surface area contributed by atoms with Crippen molar-refractivity contribution in [3.8, 4) is 0 Å². The van der Waals surface area contributed by atoms with Gasteiger partial charge >= 0.3 is 0 Å². The van der Waals surface area contributed by atoms with Crippen LogP contribution in [0.2, 0.25) is 0 Å². The van der Waals surface area contributed by atoms with Crippen LogP contribution in [0.4, 0.5) is 5.82 Å². The van der Waals surface area contributed by atoms with Crippen molar-refractivity contribution in [2.24, 2.45) is 13.0 Å². The van der Waals surface area contributed by atoms with E-state index >= 15 is 0 Å². The van der Waals surface area contributed by atoms with Crippen molar-refractivity contribution >= 4 is 15.8 Å². The Morgan fingerprint density at radius 3 is 2.85 bits per heavy atom. The molecule has 0 aromatic carbocycles. The molecule has 2 rings (SSSR count). The number of nitrogens with one attached hydrogen (secondary N) is 1. The number of hydrogen-bond acceptors (Lipinski definition) is 5. The molecule has 1 aliphatic carbocycles. The van der Waals surface area contributed by atoms with Gasteiger partial charge in [-0.05, 0) is 18.8 Å². The molecular weight excluding hydrogens is 280 g/mol. The average Bonchev–Trinajstić information content (AvgIpc) is 2.69. The van der Waals surface area contributed by atoms with E-state index in [0.717, 1.165) is 12.8 Å². The topological polar surface area (TPSA) is 110 Å². The molecule has 1 aliphatic rings. The summed E-state index contributed by atoms with van der Waals surface area (Å²) in [5.74, 6) is 0.347. The molecule has 1 heterocycles. The Balaban J connectivity index is 2.31. The molecule has 0 aliphatic heterocycles. The number of hydrogen-bond donors (Lipinski definition) is 3. The third-order valence-electron chi connectivity index (χ3n) is 3.91. The summed E-state index contributed by atoms with van der Waals surface area (Å²) in [6.45, 7) is 1.85. The SMILES string of the molecule is CC1CCCC(CO)(NS(=O)(=O)c2c(N)ncn2C)C1. The second-order valence-electron chi connectivity index (χ2n) is 5.79. The number of rotatable bonds is 4. The lowest BCUT2D eigenvalue weighted by atomic mass is 9.78. The molecule has 20 heavy (non-hydrogen) atoms. The van der Waals surface area contributed by atoms with Crippen molar-refractivity contribution in [1.82, 2.24) is 14.3 Å². The molecule has 0 saturated heterocycles. The second-order valence-corrected chi connectivity index (χ2v) is 7.39. The van der Waals surface area contributed by atoms with Crippen molar-refractivity contribution in [3.05, 3.63) is 6.33 Å². The number of aryl methyl sites for hydroxylation is 1. The van der Waals surface area contributed by atoms with Gasteiger partial charge in [-0.25, -0.2) is 18.1 Å². The fourth-order valence-electron chi connectivity index (χ4n) is 3.03. The molecule has 1 aromatic heterocycles. The molecule has 114 valence electrons. The molecule has 1 fully saturated rings. The molecule has 2 unspecified atom stereocenters. The number of aliphatic hydroxyl groups excluding tert-OH is 1. The molecule has 1 saturated carbocycles. The van der Waals surface area contributed by atoms with E-state index in [2.05, 4.69) is 16.6 Å². The Hall–Kier alpha value is -1.12. The fourth-order valence-corrected chi connectivity index (χ4v) is 4.70. The number of imidazole rings is 1.